The second-order valence-corrected chi connectivity index (χ2v) is 6.46. The molecule has 1 amide bonds. The van der Waals surface area contributed by atoms with Crippen LogP contribution in [0.1, 0.15) is 5.69 Å². The molecule has 0 spiro atoms. The molecule has 2 N–H and O–H groups in total. The van der Waals surface area contributed by atoms with Crippen LogP contribution in [0.15, 0.2) is 59.4 Å². The summed E-state index contributed by atoms with van der Waals surface area (Å²) in [5.41, 5.74) is 2.31. The number of pyridine rings is 1. The zero-order valence-electron chi connectivity index (χ0n) is 13.7. The van der Waals surface area contributed by atoms with Gasteiger partial charge < -0.3 is 15.0 Å². The van der Waals surface area contributed by atoms with E-state index >= 15 is 0 Å². The van der Waals surface area contributed by atoms with E-state index in [1.807, 2.05) is 36.4 Å². The van der Waals surface area contributed by atoms with Crippen LogP contribution >= 0.6 is 11.8 Å². The maximum absolute atomic E-state index is 12.1. The molecule has 1 heterocycles. The number of nitrogens with one attached hydrogen (secondary N) is 2. The van der Waals surface area contributed by atoms with Crippen molar-refractivity contribution in [1.82, 2.24) is 4.98 Å². The average molecular weight is 354 g/mol. The summed E-state index contributed by atoms with van der Waals surface area (Å²) in [4.78, 5) is 27.4. The van der Waals surface area contributed by atoms with Gasteiger partial charge in [0.15, 0.2) is 5.43 Å². The van der Waals surface area contributed by atoms with Crippen LogP contribution in [0.3, 0.4) is 0 Å². The van der Waals surface area contributed by atoms with Gasteiger partial charge in [0.05, 0.1) is 12.9 Å². The number of anilines is 1. The smallest absolute Gasteiger partial charge is 0.234 e. The number of hydrogen-bond acceptors (Lipinski definition) is 4. The van der Waals surface area contributed by atoms with Crippen molar-refractivity contribution in [2.24, 2.45) is 0 Å². The van der Waals surface area contributed by atoms with E-state index in [-0.39, 0.29) is 11.3 Å². The van der Waals surface area contributed by atoms with E-state index in [1.54, 1.807) is 25.3 Å². The molecule has 3 rings (SSSR count). The summed E-state index contributed by atoms with van der Waals surface area (Å²) in [6.07, 6.45) is 0. The number of H-pyrrole nitrogens is 1. The second-order valence-electron chi connectivity index (χ2n) is 5.48. The Hall–Kier alpha value is -2.73. The van der Waals surface area contributed by atoms with Crippen molar-refractivity contribution < 1.29 is 9.53 Å². The lowest BCUT2D eigenvalue weighted by atomic mass is 10.2. The molecule has 0 saturated carbocycles. The molecule has 128 valence electrons. The van der Waals surface area contributed by atoms with Crippen molar-refractivity contribution in [3.05, 3.63) is 70.5 Å². The van der Waals surface area contributed by atoms with Crippen molar-refractivity contribution in [3.8, 4) is 5.75 Å². The maximum Gasteiger partial charge on any atom is 0.234 e. The molecule has 0 aliphatic carbocycles. The number of thioether (sulfide) groups is 1. The van der Waals surface area contributed by atoms with E-state index in [4.69, 9.17) is 4.74 Å². The molecular weight excluding hydrogens is 336 g/mol. The number of carbonyl (C=O) groups is 1. The number of ether oxygens (including phenoxy) is 1. The summed E-state index contributed by atoms with van der Waals surface area (Å²) in [7, 11) is 1.58. The van der Waals surface area contributed by atoms with E-state index in [1.165, 1.54) is 11.8 Å². The van der Waals surface area contributed by atoms with Crippen molar-refractivity contribution in [2.75, 3.05) is 18.2 Å². The Balaban J connectivity index is 1.57. The Morgan fingerprint density at radius 1 is 1.16 bits per heavy atom. The minimum Gasteiger partial charge on any atom is -0.497 e. The summed E-state index contributed by atoms with van der Waals surface area (Å²) in [5.74, 6) is 1.46. The van der Waals surface area contributed by atoms with Gasteiger partial charge in [-0.3, -0.25) is 9.59 Å². The van der Waals surface area contributed by atoms with E-state index in [0.717, 1.165) is 11.2 Å². The molecule has 2 aromatic carbocycles. The summed E-state index contributed by atoms with van der Waals surface area (Å²) in [5, 5.41) is 3.51. The monoisotopic (exact) mass is 354 g/mol. The molecule has 0 aliphatic heterocycles. The fourth-order valence-electron chi connectivity index (χ4n) is 2.48. The molecule has 25 heavy (non-hydrogen) atoms. The minimum atomic E-state index is -0.0959. The fraction of sp³-hybridized carbons (Fsp3) is 0.158. The molecule has 0 saturated heterocycles. The highest BCUT2D eigenvalue weighted by Crippen LogP contribution is 2.18. The standard InChI is InChI=1S/C19H18N2O3S/c1-24-15-6-4-5-13(9-15)21-19(23)12-25-11-14-10-18(22)16-7-2-3-8-17(16)20-14/h2-10H,11-12H2,1H3,(H,20,22)(H,21,23). The van der Waals surface area contributed by atoms with Crippen LogP contribution in [-0.4, -0.2) is 23.8 Å². The van der Waals surface area contributed by atoms with Crippen LogP contribution in [0.25, 0.3) is 10.9 Å². The van der Waals surface area contributed by atoms with Gasteiger partial charge in [-0.15, -0.1) is 11.8 Å². The van der Waals surface area contributed by atoms with Gasteiger partial charge >= 0.3 is 0 Å². The zero-order valence-corrected chi connectivity index (χ0v) is 14.6. The Labute approximate surface area is 149 Å². The van der Waals surface area contributed by atoms with Crippen LogP contribution in [0.2, 0.25) is 0 Å². The van der Waals surface area contributed by atoms with Gasteiger partial charge in [0.25, 0.3) is 0 Å². The SMILES string of the molecule is COc1cccc(NC(=O)CSCc2cc(=O)c3ccccc3[nH]2)c1. The van der Waals surface area contributed by atoms with Gasteiger partial charge in [0.1, 0.15) is 5.75 Å². The highest BCUT2D eigenvalue weighted by atomic mass is 32.2. The van der Waals surface area contributed by atoms with Crippen LogP contribution < -0.4 is 15.5 Å². The summed E-state index contributed by atoms with van der Waals surface area (Å²) in [6, 6.07) is 16.2. The highest BCUT2D eigenvalue weighted by molar-refractivity contribution is 7.99. The molecule has 6 heteroatoms. The van der Waals surface area contributed by atoms with Crippen LogP contribution in [0.5, 0.6) is 5.75 Å². The van der Waals surface area contributed by atoms with E-state index in [9.17, 15) is 9.59 Å². The summed E-state index contributed by atoms with van der Waals surface area (Å²) < 4.78 is 5.13. The number of fused-ring (bicyclic) bond motifs is 1. The molecular formula is C19H18N2O3S. The number of aromatic nitrogens is 1. The lowest BCUT2D eigenvalue weighted by Gasteiger charge is -2.07. The van der Waals surface area contributed by atoms with Crippen LogP contribution in [0, 0.1) is 0 Å². The largest absolute Gasteiger partial charge is 0.497 e. The van der Waals surface area contributed by atoms with Gasteiger partial charge in [-0.25, -0.2) is 0 Å². The third-order valence-electron chi connectivity index (χ3n) is 3.64. The first-order valence-electron chi connectivity index (χ1n) is 7.78. The predicted molar refractivity (Wildman–Crippen MR) is 102 cm³/mol. The number of para-hydroxylation sites is 1. The summed E-state index contributed by atoms with van der Waals surface area (Å²) in [6.45, 7) is 0. The number of benzene rings is 2. The topological polar surface area (TPSA) is 71.2 Å². The molecule has 0 bridgehead atoms. The Kier molecular flexibility index (Phi) is 5.40. The Morgan fingerprint density at radius 3 is 2.84 bits per heavy atom. The average Bonchev–Trinajstić information content (AvgIpc) is 2.62. The van der Waals surface area contributed by atoms with E-state index < -0.39 is 0 Å². The predicted octanol–water partition coefficient (Wildman–Crippen LogP) is 3.41. The molecule has 0 unspecified atom stereocenters. The molecule has 0 fully saturated rings. The van der Waals surface area contributed by atoms with Crippen molar-refractivity contribution in [3.63, 3.8) is 0 Å². The van der Waals surface area contributed by atoms with Gasteiger partial charge in [0.2, 0.25) is 5.91 Å². The number of amides is 1. The lowest BCUT2D eigenvalue weighted by Crippen LogP contribution is -2.14. The van der Waals surface area contributed by atoms with Gasteiger partial charge in [-0.2, -0.15) is 0 Å². The number of aromatic amines is 1. The fourth-order valence-corrected chi connectivity index (χ4v) is 3.22. The van der Waals surface area contributed by atoms with Gasteiger partial charge in [0, 0.05) is 40.2 Å². The molecule has 0 radical (unpaired) electrons. The molecule has 1 aromatic heterocycles. The number of carbonyl (C=O) groups excluding carboxylic acids is 1. The van der Waals surface area contributed by atoms with E-state index in [0.29, 0.717) is 28.3 Å². The minimum absolute atomic E-state index is 0.00854. The Bertz CT molecular complexity index is 953. The maximum atomic E-state index is 12.1. The highest BCUT2D eigenvalue weighted by Gasteiger charge is 2.06. The zero-order chi connectivity index (χ0) is 17.6. The van der Waals surface area contributed by atoms with Crippen molar-refractivity contribution >= 4 is 34.3 Å². The number of rotatable bonds is 6. The third kappa shape index (κ3) is 4.42. The normalized spacial score (nSPS) is 10.6. The van der Waals surface area contributed by atoms with Crippen molar-refractivity contribution in [2.45, 2.75) is 5.75 Å². The van der Waals surface area contributed by atoms with Crippen molar-refractivity contribution in [1.29, 1.82) is 0 Å². The molecule has 0 aliphatic rings. The Morgan fingerprint density at radius 2 is 2.00 bits per heavy atom. The molecule has 0 atom stereocenters. The second kappa shape index (κ2) is 7.90. The quantitative estimate of drug-likeness (QED) is 0.712. The number of methoxy groups -OCH3 is 1. The van der Waals surface area contributed by atoms with Crippen LogP contribution in [0.4, 0.5) is 5.69 Å². The molecule has 3 aromatic rings. The first-order valence-corrected chi connectivity index (χ1v) is 8.94. The van der Waals surface area contributed by atoms with E-state index in [2.05, 4.69) is 10.3 Å². The van der Waals surface area contributed by atoms with Gasteiger partial charge in [-0.1, -0.05) is 18.2 Å². The number of hydrogen-bond donors (Lipinski definition) is 2. The first-order chi connectivity index (χ1) is 12.2. The van der Waals surface area contributed by atoms with Gasteiger partial charge in [-0.05, 0) is 24.3 Å². The van der Waals surface area contributed by atoms with Crippen LogP contribution in [-0.2, 0) is 10.5 Å². The summed E-state index contributed by atoms with van der Waals surface area (Å²) >= 11 is 1.45. The molecule has 5 nitrogen and oxygen atoms in total. The lowest BCUT2D eigenvalue weighted by molar-refractivity contribution is -0.113. The first kappa shape index (κ1) is 17.1. The third-order valence-corrected chi connectivity index (χ3v) is 4.62.